The molecule has 27 heavy (non-hydrogen) atoms. The molecular formula is C19H24N4O4. The Kier molecular flexibility index (Phi) is 4.38. The Morgan fingerprint density at radius 2 is 1.93 bits per heavy atom. The minimum absolute atomic E-state index is 0.0157. The van der Waals surface area contributed by atoms with Crippen LogP contribution in [-0.4, -0.2) is 62.3 Å². The number of piperidine rings is 1. The van der Waals surface area contributed by atoms with E-state index in [0.717, 1.165) is 0 Å². The van der Waals surface area contributed by atoms with Crippen LogP contribution in [0.4, 0.5) is 4.79 Å². The lowest BCUT2D eigenvalue weighted by Crippen LogP contribution is -2.60. The summed E-state index contributed by atoms with van der Waals surface area (Å²) in [7, 11) is 0. The molecule has 2 aromatic rings. The van der Waals surface area contributed by atoms with Crippen molar-refractivity contribution in [2.45, 2.75) is 51.3 Å². The predicted octanol–water partition coefficient (Wildman–Crippen LogP) is 2.33. The summed E-state index contributed by atoms with van der Waals surface area (Å²) in [6, 6.07) is 3.29. The van der Waals surface area contributed by atoms with Gasteiger partial charge in [0.2, 0.25) is 0 Å². The highest BCUT2D eigenvalue weighted by Gasteiger charge is 2.45. The molecule has 0 saturated carbocycles. The van der Waals surface area contributed by atoms with E-state index in [0.29, 0.717) is 37.4 Å². The van der Waals surface area contributed by atoms with E-state index in [-0.39, 0.29) is 29.9 Å². The molecule has 2 unspecified atom stereocenters. The molecular weight excluding hydrogens is 348 g/mol. The maximum atomic E-state index is 13.1. The molecule has 0 N–H and O–H groups in total. The van der Waals surface area contributed by atoms with E-state index < -0.39 is 5.60 Å². The van der Waals surface area contributed by atoms with Crippen LogP contribution in [0.25, 0.3) is 5.65 Å². The maximum absolute atomic E-state index is 13.1. The fourth-order valence-electron chi connectivity index (χ4n) is 3.95. The second-order valence-electron chi connectivity index (χ2n) is 8.20. The number of amides is 1. The van der Waals surface area contributed by atoms with Gasteiger partial charge in [0.25, 0.3) is 0 Å². The summed E-state index contributed by atoms with van der Waals surface area (Å²) in [5, 5.41) is 4.24. The number of Topliss-reactive ketones (excluding diaryl/α,β-unsaturated/α-hetero) is 1. The number of morpholine rings is 1. The molecule has 2 atom stereocenters. The van der Waals surface area contributed by atoms with Gasteiger partial charge in [-0.1, -0.05) is 0 Å². The molecule has 2 saturated heterocycles. The van der Waals surface area contributed by atoms with Crippen LogP contribution in [0.1, 0.15) is 44.1 Å². The standard InChI is InChI=1S/C19H24N4O4/c1-19(2,3)27-18(25)22-13-7-12(8-14(22)11-26-10-13)17(24)15-9-20-16-5-4-6-21-23(15)16/h4-6,9,12-14H,7-8,10-11H2,1-3H3. The van der Waals surface area contributed by atoms with Gasteiger partial charge in [-0.3, -0.25) is 9.69 Å². The molecule has 144 valence electrons. The van der Waals surface area contributed by atoms with Crippen molar-refractivity contribution < 1.29 is 19.1 Å². The number of hydrogen-bond donors (Lipinski definition) is 0. The van der Waals surface area contributed by atoms with Crippen LogP contribution in [0, 0.1) is 5.92 Å². The molecule has 4 heterocycles. The molecule has 1 amide bonds. The summed E-state index contributed by atoms with van der Waals surface area (Å²) in [5.74, 6) is -0.175. The normalized spacial score (nSPS) is 25.4. The number of carbonyl (C=O) groups excluding carboxylic acids is 2. The fraction of sp³-hybridized carbons (Fsp3) is 0.579. The summed E-state index contributed by atoms with van der Waals surface area (Å²) in [4.78, 5) is 31.8. The number of imidazole rings is 1. The minimum Gasteiger partial charge on any atom is -0.444 e. The number of carbonyl (C=O) groups is 2. The van der Waals surface area contributed by atoms with Crippen LogP contribution >= 0.6 is 0 Å². The molecule has 8 nitrogen and oxygen atoms in total. The number of nitrogens with zero attached hydrogens (tertiary/aromatic N) is 4. The van der Waals surface area contributed by atoms with Crippen LogP contribution in [0.5, 0.6) is 0 Å². The molecule has 4 rings (SSSR count). The van der Waals surface area contributed by atoms with Crippen LogP contribution in [0.3, 0.4) is 0 Å². The molecule has 0 radical (unpaired) electrons. The lowest BCUT2D eigenvalue weighted by atomic mass is 9.82. The van der Waals surface area contributed by atoms with Gasteiger partial charge < -0.3 is 9.47 Å². The van der Waals surface area contributed by atoms with E-state index in [1.54, 1.807) is 27.9 Å². The first-order valence-corrected chi connectivity index (χ1v) is 9.25. The first kappa shape index (κ1) is 17.9. The largest absolute Gasteiger partial charge is 0.444 e. The summed E-state index contributed by atoms with van der Waals surface area (Å²) in [5.41, 5.74) is 0.581. The average Bonchev–Trinajstić information content (AvgIpc) is 3.02. The van der Waals surface area contributed by atoms with Crippen LogP contribution < -0.4 is 0 Å². The molecule has 0 aromatic carbocycles. The lowest BCUT2D eigenvalue weighted by molar-refractivity contribution is -0.0861. The van der Waals surface area contributed by atoms with Crippen molar-refractivity contribution in [3.8, 4) is 0 Å². The highest BCUT2D eigenvalue weighted by Crippen LogP contribution is 2.34. The predicted molar refractivity (Wildman–Crippen MR) is 96.5 cm³/mol. The van der Waals surface area contributed by atoms with Crippen molar-refractivity contribution in [3.63, 3.8) is 0 Å². The molecule has 0 spiro atoms. The molecule has 2 bridgehead atoms. The zero-order valence-corrected chi connectivity index (χ0v) is 15.8. The summed E-state index contributed by atoms with van der Waals surface area (Å²) >= 11 is 0. The van der Waals surface area contributed by atoms with Crippen molar-refractivity contribution in [2.24, 2.45) is 5.92 Å². The Bertz CT molecular complexity index is 858. The summed E-state index contributed by atoms with van der Waals surface area (Å²) < 4.78 is 12.8. The van der Waals surface area contributed by atoms with Crippen LogP contribution in [0.15, 0.2) is 24.5 Å². The Hall–Kier alpha value is -2.48. The zero-order chi connectivity index (χ0) is 19.2. The summed E-state index contributed by atoms with van der Waals surface area (Å²) in [6.45, 7) is 6.40. The van der Waals surface area contributed by atoms with Gasteiger partial charge >= 0.3 is 6.09 Å². The molecule has 2 fully saturated rings. The number of ether oxygens (including phenoxy) is 2. The van der Waals surface area contributed by atoms with Crippen molar-refractivity contribution in [3.05, 3.63) is 30.2 Å². The Morgan fingerprint density at radius 1 is 1.22 bits per heavy atom. The monoisotopic (exact) mass is 372 g/mol. The maximum Gasteiger partial charge on any atom is 0.410 e. The topological polar surface area (TPSA) is 86.0 Å². The number of fused-ring (bicyclic) bond motifs is 3. The number of aromatic nitrogens is 3. The van der Waals surface area contributed by atoms with Gasteiger partial charge in [-0.2, -0.15) is 5.10 Å². The fourth-order valence-corrected chi connectivity index (χ4v) is 3.95. The van der Waals surface area contributed by atoms with E-state index in [9.17, 15) is 9.59 Å². The van der Waals surface area contributed by atoms with Gasteiger partial charge in [-0.25, -0.2) is 14.3 Å². The van der Waals surface area contributed by atoms with Gasteiger partial charge in [-0.15, -0.1) is 0 Å². The van der Waals surface area contributed by atoms with Crippen molar-refractivity contribution >= 4 is 17.5 Å². The summed E-state index contributed by atoms with van der Waals surface area (Å²) in [6.07, 6.45) is 3.99. The van der Waals surface area contributed by atoms with Crippen molar-refractivity contribution in [1.29, 1.82) is 0 Å². The molecule has 2 aliphatic heterocycles. The van der Waals surface area contributed by atoms with E-state index in [1.807, 2.05) is 26.8 Å². The highest BCUT2D eigenvalue weighted by atomic mass is 16.6. The van der Waals surface area contributed by atoms with Gasteiger partial charge in [0.15, 0.2) is 11.4 Å². The Morgan fingerprint density at radius 3 is 2.59 bits per heavy atom. The second kappa shape index (κ2) is 6.60. The number of ketones is 1. The van der Waals surface area contributed by atoms with Gasteiger partial charge in [0.1, 0.15) is 11.3 Å². The average molecular weight is 372 g/mol. The number of rotatable bonds is 2. The van der Waals surface area contributed by atoms with Gasteiger partial charge in [0.05, 0.1) is 31.5 Å². The first-order chi connectivity index (χ1) is 12.8. The Balaban J connectivity index is 1.54. The second-order valence-corrected chi connectivity index (χ2v) is 8.20. The van der Waals surface area contributed by atoms with Gasteiger partial charge in [0, 0.05) is 12.1 Å². The van der Waals surface area contributed by atoms with E-state index in [4.69, 9.17) is 9.47 Å². The molecule has 2 aromatic heterocycles. The van der Waals surface area contributed by atoms with Gasteiger partial charge in [-0.05, 0) is 45.7 Å². The van der Waals surface area contributed by atoms with Crippen LogP contribution in [0.2, 0.25) is 0 Å². The third kappa shape index (κ3) is 3.41. The third-order valence-electron chi connectivity index (χ3n) is 5.03. The Labute approximate surface area is 157 Å². The van der Waals surface area contributed by atoms with E-state index in [1.165, 1.54) is 0 Å². The quantitative estimate of drug-likeness (QED) is 0.752. The highest BCUT2D eigenvalue weighted by molar-refractivity contribution is 5.97. The molecule has 8 heteroatoms. The van der Waals surface area contributed by atoms with E-state index >= 15 is 0 Å². The minimum atomic E-state index is -0.554. The SMILES string of the molecule is CC(C)(C)OC(=O)N1C2COCC1CC(C(=O)c1cnc3cccnn13)C2. The van der Waals surface area contributed by atoms with Crippen molar-refractivity contribution in [2.75, 3.05) is 13.2 Å². The van der Waals surface area contributed by atoms with E-state index in [2.05, 4.69) is 10.1 Å². The van der Waals surface area contributed by atoms with Crippen molar-refractivity contribution in [1.82, 2.24) is 19.5 Å². The zero-order valence-electron chi connectivity index (χ0n) is 15.8. The molecule has 0 aliphatic carbocycles. The first-order valence-electron chi connectivity index (χ1n) is 9.25. The smallest absolute Gasteiger partial charge is 0.410 e. The third-order valence-corrected chi connectivity index (χ3v) is 5.03. The van der Waals surface area contributed by atoms with Crippen LogP contribution in [-0.2, 0) is 9.47 Å². The lowest BCUT2D eigenvalue weighted by Gasteiger charge is -2.47. The number of hydrogen-bond acceptors (Lipinski definition) is 6. The molecule has 2 aliphatic rings.